The van der Waals surface area contributed by atoms with Gasteiger partial charge in [-0.2, -0.15) is 0 Å². The molecule has 1 heterocycles. The predicted octanol–water partition coefficient (Wildman–Crippen LogP) is 1.47. The molecule has 5 nitrogen and oxygen atoms in total. The van der Waals surface area contributed by atoms with Gasteiger partial charge in [0.1, 0.15) is 0 Å². The summed E-state index contributed by atoms with van der Waals surface area (Å²) < 4.78 is 0. The average Bonchev–Trinajstić information content (AvgIpc) is 2.25. The van der Waals surface area contributed by atoms with E-state index in [0.29, 0.717) is 11.3 Å². The molecule has 0 saturated carbocycles. The molecular formula is C10H10N2O3S. The van der Waals surface area contributed by atoms with Gasteiger partial charge < -0.3 is 5.11 Å². The summed E-state index contributed by atoms with van der Waals surface area (Å²) in [5.41, 5.74) is 0.703. The summed E-state index contributed by atoms with van der Waals surface area (Å²) in [6.07, 6.45) is 6.38. The van der Waals surface area contributed by atoms with Crippen molar-refractivity contribution in [3.05, 3.63) is 29.9 Å². The van der Waals surface area contributed by atoms with E-state index < -0.39 is 5.97 Å². The van der Waals surface area contributed by atoms with Crippen LogP contribution in [0.3, 0.4) is 0 Å². The van der Waals surface area contributed by atoms with Gasteiger partial charge in [0, 0.05) is 30.6 Å². The Kier molecular flexibility index (Phi) is 4.65. The zero-order valence-electron chi connectivity index (χ0n) is 8.58. The average molecular weight is 238 g/mol. The lowest BCUT2D eigenvalue weighted by Gasteiger charge is -1.94. The molecule has 0 aliphatic rings. The number of thioether (sulfide) groups is 1. The van der Waals surface area contributed by atoms with Crippen LogP contribution >= 0.6 is 11.8 Å². The van der Waals surface area contributed by atoms with Crippen molar-refractivity contribution >= 4 is 28.9 Å². The van der Waals surface area contributed by atoms with Crippen molar-refractivity contribution in [3.8, 4) is 0 Å². The van der Waals surface area contributed by atoms with Gasteiger partial charge in [-0.3, -0.25) is 4.79 Å². The van der Waals surface area contributed by atoms with Crippen molar-refractivity contribution in [1.29, 1.82) is 0 Å². The van der Waals surface area contributed by atoms with Crippen LogP contribution in [0.1, 0.15) is 23.1 Å². The Morgan fingerprint density at radius 2 is 2.06 bits per heavy atom. The van der Waals surface area contributed by atoms with Crippen LogP contribution in [0.2, 0.25) is 0 Å². The second kappa shape index (κ2) is 6.02. The zero-order valence-corrected chi connectivity index (χ0v) is 9.40. The quantitative estimate of drug-likeness (QED) is 0.855. The fraction of sp³-hybridized carbons (Fsp3) is 0.200. The molecule has 0 fully saturated rings. The minimum absolute atomic E-state index is 0.0575. The van der Waals surface area contributed by atoms with E-state index in [1.54, 1.807) is 12.2 Å². The molecule has 0 aliphatic carbocycles. The molecule has 0 aliphatic heterocycles. The normalized spacial score (nSPS) is 10.6. The number of hydrogen-bond acceptors (Lipinski definition) is 5. The monoisotopic (exact) mass is 238 g/mol. The highest BCUT2D eigenvalue weighted by atomic mass is 32.2. The fourth-order valence-electron chi connectivity index (χ4n) is 0.884. The van der Waals surface area contributed by atoms with E-state index in [1.165, 1.54) is 31.1 Å². The number of aromatic nitrogens is 2. The molecule has 0 bridgehead atoms. The molecule has 16 heavy (non-hydrogen) atoms. The van der Waals surface area contributed by atoms with Crippen LogP contribution in [-0.4, -0.2) is 31.9 Å². The molecule has 0 saturated heterocycles. The maximum Gasteiger partial charge on any atom is 0.373 e. The number of carboxylic acid groups (broad SMARTS) is 1. The molecule has 0 aromatic carbocycles. The maximum absolute atomic E-state index is 10.6. The highest BCUT2D eigenvalue weighted by Gasteiger charge is 2.03. The van der Waals surface area contributed by atoms with Crippen molar-refractivity contribution in [1.82, 2.24) is 9.97 Å². The van der Waals surface area contributed by atoms with E-state index in [1.807, 2.05) is 0 Å². The van der Waals surface area contributed by atoms with Gasteiger partial charge in [0.2, 0.25) is 5.82 Å². The molecule has 0 unspecified atom stereocenters. The van der Waals surface area contributed by atoms with Crippen molar-refractivity contribution < 1.29 is 14.7 Å². The molecule has 0 radical (unpaired) electrons. The Labute approximate surface area is 96.6 Å². The molecule has 1 aromatic heterocycles. The van der Waals surface area contributed by atoms with Crippen molar-refractivity contribution in [2.75, 3.05) is 5.75 Å². The third-order valence-corrected chi connectivity index (χ3v) is 2.32. The third-order valence-electron chi connectivity index (χ3n) is 1.56. The number of nitrogens with zero attached hydrogens (tertiary/aromatic N) is 2. The summed E-state index contributed by atoms with van der Waals surface area (Å²) in [4.78, 5) is 28.4. The van der Waals surface area contributed by atoms with E-state index in [4.69, 9.17) is 5.11 Å². The first-order chi connectivity index (χ1) is 7.59. The first-order valence-electron chi connectivity index (χ1n) is 4.45. The summed E-state index contributed by atoms with van der Waals surface area (Å²) in [6, 6.07) is 0. The van der Waals surface area contributed by atoms with Gasteiger partial charge in [-0.1, -0.05) is 23.9 Å². The van der Waals surface area contributed by atoms with E-state index in [0.717, 1.165) is 0 Å². The van der Waals surface area contributed by atoms with E-state index in [9.17, 15) is 9.59 Å². The maximum atomic E-state index is 10.6. The third kappa shape index (κ3) is 4.22. The van der Waals surface area contributed by atoms with Crippen LogP contribution in [0.25, 0.3) is 6.08 Å². The smallest absolute Gasteiger partial charge is 0.373 e. The summed E-state index contributed by atoms with van der Waals surface area (Å²) >= 11 is 1.20. The number of carboxylic acids is 1. The molecule has 1 aromatic rings. The Morgan fingerprint density at radius 1 is 1.44 bits per heavy atom. The van der Waals surface area contributed by atoms with Crippen LogP contribution < -0.4 is 0 Å². The first-order valence-corrected chi connectivity index (χ1v) is 5.43. The topological polar surface area (TPSA) is 80.2 Å². The zero-order chi connectivity index (χ0) is 12.0. The van der Waals surface area contributed by atoms with Crippen molar-refractivity contribution in [2.24, 2.45) is 0 Å². The van der Waals surface area contributed by atoms with Gasteiger partial charge in [-0.05, 0) is 0 Å². The lowest BCUT2D eigenvalue weighted by molar-refractivity contribution is -0.109. The highest BCUT2D eigenvalue weighted by Crippen LogP contribution is 2.04. The van der Waals surface area contributed by atoms with Crippen LogP contribution in [0.15, 0.2) is 18.5 Å². The van der Waals surface area contributed by atoms with Gasteiger partial charge in [0.05, 0.1) is 0 Å². The van der Waals surface area contributed by atoms with Gasteiger partial charge in [0.15, 0.2) is 5.12 Å². The molecule has 84 valence electrons. The molecule has 1 rings (SSSR count). The van der Waals surface area contributed by atoms with E-state index in [2.05, 4.69) is 9.97 Å². The Bertz CT molecular complexity index is 415. The van der Waals surface area contributed by atoms with Gasteiger partial charge >= 0.3 is 5.97 Å². The van der Waals surface area contributed by atoms with Crippen molar-refractivity contribution in [3.63, 3.8) is 0 Å². The lowest BCUT2D eigenvalue weighted by Crippen LogP contribution is -2.02. The molecular weight excluding hydrogens is 228 g/mol. The lowest BCUT2D eigenvalue weighted by atomic mass is 10.3. The molecule has 0 amide bonds. The SMILES string of the molecule is CC(=O)SCC=Cc1cnc(C(=O)O)nc1. The molecule has 6 heteroatoms. The predicted molar refractivity (Wildman–Crippen MR) is 61.2 cm³/mol. The minimum Gasteiger partial charge on any atom is -0.475 e. The second-order valence-corrected chi connectivity index (χ2v) is 4.05. The minimum atomic E-state index is -1.15. The Balaban J connectivity index is 2.55. The standard InChI is InChI=1S/C10H10N2O3S/c1-7(13)16-4-2-3-8-5-11-9(10(14)15)12-6-8/h2-3,5-6H,4H2,1H3,(H,14,15). The summed E-state index contributed by atoms with van der Waals surface area (Å²) in [5, 5.41) is 8.62. The molecule has 0 atom stereocenters. The summed E-state index contributed by atoms with van der Waals surface area (Å²) in [5.74, 6) is -0.798. The number of carbonyl (C=O) groups excluding carboxylic acids is 1. The Morgan fingerprint density at radius 3 is 2.56 bits per heavy atom. The van der Waals surface area contributed by atoms with E-state index >= 15 is 0 Å². The summed E-state index contributed by atoms with van der Waals surface area (Å²) in [6.45, 7) is 1.50. The van der Waals surface area contributed by atoms with Crippen LogP contribution in [0.4, 0.5) is 0 Å². The van der Waals surface area contributed by atoms with Crippen LogP contribution in [-0.2, 0) is 4.79 Å². The second-order valence-electron chi connectivity index (χ2n) is 2.85. The van der Waals surface area contributed by atoms with Crippen molar-refractivity contribution in [2.45, 2.75) is 6.92 Å². The van der Waals surface area contributed by atoms with E-state index in [-0.39, 0.29) is 10.9 Å². The fourth-order valence-corrected chi connectivity index (χ4v) is 1.31. The molecule has 0 spiro atoms. The molecule has 1 N–H and O–H groups in total. The number of rotatable bonds is 4. The van der Waals surface area contributed by atoms with Gasteiger partial charge in [-0.15, -0.1) is 0 Å². The number of aromatic carboxylic acids is 1. The summed E-state index contributed by atoms with van der Waals surface area (Å²) in [7, 11) is 0. The van der Waals surface area contributed by atoms with Crippen LogP contribution in [0.5, 0.6) is 0 Å². The highest BCUT2D eigenvalue weighted by molar-refractivity contribution is 8.13. The number of carbonyl (C=O) groups is 2. The van der Waals surface area contributed by atoms with Gasteiger partial charge in [-0.25, -0.2) is 14.8 Å². The number of hydrogen-bond donors (Lipinski definition) is 1. The van der Waals surface area contributed by atoms with Gasteiger partial charge in [0.25, 0.3) is 0 Å². The largest absolute Gasteiger partial charge is 0.475 e. The Hall–Kier alpha value is -1.69. The van der Waals surface area contributed by atoms with Crippen LogP contribution in [0, 0.1) is 0 Å². The first kappa shape index (κ1) is 12.4.